The van der Waals surface area contributed by atoms with E-state index in [-0.39, 0.29) is 35.2 Å². The van der Waals surface area contributed by atoms with E-state index in [9.17, 15) is 20.1 Å². The molecular weight excluding hydrogens is 697 g/mol. The summed E-state index contributed by atoms with van der Waals surface area (Å²) in [7, 11) is -5.08. The van der Waals surface area contributed by atoms with E-state index in [1.807, 2.05) is 13.2 Å². The van der Waals surface area contributed by atoms with Crippen molar-refractivity contribution in [1.29, 1.82) is 0 Å². The number of carbonyl (C=O) groups excluding carboxylic acids is 1. The number of carbonyl (C=O) groups is 1. The highest BCUT2D eigenvalue weighted by Crippen LogP contribution is 2.70. The van der Waals surface area contributed by atoms with Crippen LogP contribution in [0.2, 0.25) is 58.9 Å². The van der Waals surface area contributed by atoms with Crippen LogP contribution in [0.15, 0.2) is 16.7 Å². The molecule has 0 unspecified atom stereocenters. The first-order valence-corrected chi connectivity index (χ1v) is 30.1. The third-order valence-electron chi connectivity index (χ3n) is 15.1. The summed E-state index contributed by atoms with van der Waals surface area (Å²) in [6.07, 6.45) is 7.75. The second-order valence-electron chi connectivity index (χ2n) is 20.5. The van der Waals surface area contributed by atoms with Crippen LogP contribution in [-0.2, 0) is 19.0 Å². The van der Waals surface area contributed by atoms with Crippen molar-refractivity contribution in [3.05, 3.63) is 17.9 Å². The molecule has 5 fully saturated rings. The quantitative estimate of drug-likeness (QED) is 0.135. The predicted octanol–water partition coefficient (Wildman–Crippen LogP) is 7.28. The number of aliphatic hydroxyl groups is 3. The van der Waals surface area contributed by atoms with E-state index < -0.39 is 64.4 Å². The van der Waals surface area contributed by atoms with Gasteiger partial charge in [-0.3, -0.25) is 0 Å². The molecule has 9 nitrogen and oxygen atoms in total. The van der Waals surface area contributed by atoms with Gasteiger partial charge in [0.25, 0.3) is 5.95 Å². The molecule has 4 saturated carbocycles. The third kappa shape index (κ3) is 5.90. The first-order valence-electron chi connectivity index (χ1n) is 19.7. The molecule has 4 aliphatic carbocycles. The summed E-state index contributed by atoms with van der Waals surface area (Å²) >= 11 is 0. The number of furan rings is 1. The number of aldehydes is 1. The Morgan fingerprint density at radius 1 is 0.863 bits per heavy atom. The van der Waals surface area contributed by atoms with Crippen molar-refractivity contribution >= 4 is 30.8 Å². The molecule has 0 aromatic carbocycles. The van der Waals surface area contributed by atoms with Crippen molar-refractivity contribution in [1.82, 2.24) is 0 Å². The van der Waals surface area contributed by atoms with Gasteiger partial charge in [-0.1, -0.05) is 46.2 Å². The Kier molecular flexibility index (Phi) is 10.0. The van der Waals surface area contributed by atoms with Gasteiger partial charge in [0.05, 0.1) is 40.2 Å². The van der Waals surface area contributed by atoms with Crippen molar-refractivity contribution in [2.45, 2.75) is 177 Å². The van der Waals surface area contributed by atoms with E-state index in [4.69, 9.17) is 23.1 Å². The van der Waals surface area contributed by atoms with Crippen molar-refractivity contribution in [2.24, 2.45) is 28.6 Å². The second kappa shape index (κ2) is 12.9. The lowest BCUT2D eigenvalue weighted by molar-refractivity contribution is -0.341. The van der Waals surface area contributed by atoms with Crippen LogP contribution in [0, 0.1) is 28.6 Å². The van der Waals surface area contributed by atoms with Crippen molar-refractivity contribution < 1.29 is 43.2 Å². The van der Waals surface area contributed by atoms with Gasteiger partial charge in [0, 0.05) is 24.0 Å². The Morgan fingerprint density at radius 2 is 1.53 bits per heavy atom. The number of ether oxygens (including phenoxy) is 3. The van der Waals surface area contributed by atoms with Crippen molar-refractivity contribution in [2.75, 3.05) is 7.11 Å². The van der Waals surface area contributed by atoms with Crippen LogP contribution in [0.4, 0.5) is 0 Å². The van der Waals surface area contributed by atoms with Gasteiger partial charge < -0.3 is 43.2 Å². The lowest BCUT2D eigenvalue weighted by Crippen LogP contribution is -2.84. The Hall–Kier alpha value is -0.839. The molecule has 1 aromatic rings. The van der Waals surface area contributed by atoms with Crippen molar-refractivity contribution in [3.8, 4) is 5.95 Å². The highest BCUT2D eigenvalue weighted by Gasteiger charge is 2.72. The Bertz CT molecular complexity index is 1450. The minimum Gasteiger partial charge on any atom is -0.519 e. The lowest BCUT2D eigenvalue weighted by Gasteiger charge is -2.63. The molecule has 1 saturated heterocycles. The molecule has 0 spiro atoms. The maximum Gasteiger partial charge on any atom is 0.270 e. The van der Waals surface area contributed by atoms with E-state index in [1.165, 1.54) is 6.29 Å². The zero-order valence-corrected chi connectivity index (χ0v) is 36.5. The van der Waals surface area contributed by atoms with Crippen LogP contribution < -0.4 is 4.43 Å². The molecule has 13 atom stereocenters. The maximum absolute atomic E-state index is 13.4. The molecule has 290 valence electrons. The number of rotatable bonds is 9. The topological polar surface area (TPSA) is 128 Å². The van der Waals surface area contributed by atoms with Gasteiger partial charge in [-0.25, -0.2) is 0 Å². The fourth-order valence-electron chi connectivity index (χ4n) is 12.1. The van der Waals surface area contributed by atoms with Gasteiger partial charge in [0.1, 0.15) is 22.8 Å². The van der Waals surface area contributed by atoms with Crippen LogP contribution in [0.3, 0.4) is 0 Å². The monoisotopic (exact) mass is 764 g/mol. The lowest BCUT2D eigenvalue weighted by atomic mass is 9.43. The zero-order chi connectivity index (χ0) is 37.8. The minimum absolute atomic E-state index is 0.0611. The maximum atomic E-state index is 13.4. The van der Waals surface area contributed by atoms with Crippen LogP contribution in [0.1, 0.15) is 83.1 Å². The summed E-state index contributed by atoms with van der Waals surface area (Å²) in [5.41, 5.74) is -0.547. The average molecular weight is 765 g/mol. The van der Waals surface area contributed by atoms with Crippen molar-refractivity contribution in [3.63, 3.8) is 0 Å². The van der Waals surface area contributed by atoms with E-state index >= 15 is 0 Å². The average Bonchev–Trinajstić information content (AvgIpc) is 3.58. The molecule has 51 heavy (non-hydrogen) atoms. The molecule has 0 bridgehead atoms. The highest BCUT2D eigenvalue weighted by atomic mass is 28.4. The molecule has 12 heteroatoms. The molecule has 2 heterocycles. The molecule has 6 rings (SSSR count). The normalized spacial score (nSPS) is 46.2. The molecule has 3 N–H and O–H groups in total. The number of fused-ring (bicyclic) bond motifs is 5. The first-order chi connectivity index (χ1) is 23.4. The first kappa shape index (κ1) is 39.8. The summed E-state index contributed by atoms with van der Waals surface area (Å²) in [6.45, 7) is 23.1. The van der Waals surface area contributed by atoms with Crippen LogP contribution in [-0.4, -0.2) is 93.8 Å². The number of hydrogen-bond donors (Lipinski definition) is 3. The third-order valence-corrected chi connectivity index (χ3v) is 21.8. The van der Waals surface area contributed by atoms with E-state index in [2.05, 4.69) is 71.9 Å². The fourth-order valence-corrected chi connectivity index (χ4v) is 17.4. The molecule has 0 amide bonds. The largest absolute Gasteiger partial charge is 0.519 e. The summed E-state index contributed by atoms with van der Waals surface area (Å²) in [6, 6.07) is 2.05. The van der Waals surface area contributed by atoms with E-state index in [0.29, 0.717) is 25.2 Å². The van der Waals surface area contributed by atoms with Crippen LogP contribution in [0.25, 0.3) is 0 Å². The summed E-state index contributed by atoms with van der Waals surface area (Å²) in [5.74, 6) is 1.07. The summed E-state index contributed by atoms with van der Waals surface area (Å²) < 4.78 is 31.6. The van der Waals surface area contributed by atoms with Gasteiger partial charge >= 0.3 is 0 Å². The number of hydrogen-bond acceptors (Lipinski definition) is 9. The Morgan fingerprint density at radius 3 is 2.12 bits per heavy atom. The number of methoxy groups -OCH3 is 1. The molecule has 0 radical (unpaired) electrons. The Labute approximate surface area is 309 Å². The minimum atomic E-state index is -2.51. The van der Waals surface area contributed by atoms with Gasteiger partial charge in [0.2, 0.25) is 8.32 Å². The van der Waals surface area contributed by atoms with Crippen LogP contribution in [0.5, 0.6) is 5.95 Å². The molecule has 5 aliphatic rings. The molecule has 1 aliphatic heterocycles. The standard InChI is InChI=1S/C39H68O9Si3/c1-25-38(42,49(4,5)6)33(44-3)39(43,50(7,8)9)34(46-25)47-28-15-19-36(24-40)27(22-28)13-14-31-30(36)16-18-35(2)29(17-20-37(31,35)41)26-21-32(45-23-26)48-51(10,11)12/h21,23-25,27-31,33-34,41-43H,13-20,22H2,1-12H3/t25-,27+,28-,29+,30-,31+,33+,34-,35+,36+,37-,38+,39+/m0/s1. The van der Waals surface area contributed by atoms with Gasteiger partial charge in [-0.05, 0) is 114 Å². The van der Waals surface area contributed by atoms with Gasteiger partial charge in [0.15, 0.2) is 6.29 Å². The van der Waals surface area contributed by atoms with Gasteiger partial charge in [-0.2, -0.15) is 0 Å². The molecular formula is C39H68O9Si3. The van der Waals surface area contributed by atoms with E-state index in [0.717, 1.165) is 44.1 Å². The summed E-state index contributed by atoms with van der Waals surface area (Å²) in [5, 5.41) is 35.0. The smallest absolute Gasteiger partial charge is 0.270 e. The zero-order valence-electron chi connectivity index (χ0n) is 33.5. The summed E-state index contributed by atoms with van der Waals surface area (Å²) in [4.78, 5) is 13.4. The predicted molar refractivity (Wildman–Crippen MR) is 206 cm³/mol. The molecule has 1 aromatic heterocycles. The van der Waals surface area contributed by atoms with Gasteiger partial charge in [-0.15, -0.1) is 0 Å². The second-order valence-corrected chi connectivity index (χ2v) is 35.5. The van der Waals surface area contributed by atoms with E-state index in [1.54, 1.807) is 7.11 Å². The SMILES string of the molecule is CO[C@H]1[C@@](O)([Si](C)(C)C)[C@H](O[C@H]2CC[C@@]3(C=O)[C@H](CC[C@@H]4[C@@H]3CC[C@]3(C)[C@@H](c5coc(O[Si](C)(C)C)c5)CC[C@]43O)C2)O[C@@H](C)[C@@]1(O)[Si](C)(C)C. The fraction of sp³-hybridized carbons (Fsp3) is 0.872. The highest BCUT2D eigenvalue weighted by molar-refractivity contribution is 6.81. The van der Waals surface area contributed by atoms with Crippen LogP contribution >= 0.6 is 0 Å². The Balaban J connectivity index is 1.22.